The van der Waals surface area contributed by atoms with Gasteiger partial charge in [0, 0.05) is 16.7 Å². The maximum atomic E-state index is 12.9. The fourth-order valence-corrected chi connectivity index (χ4v) is 3.08. The monoisotopic (exact) mass is 356 g/mol. The van der Waals surface area contributed by atoms with Gasteiger partial charge >= 0.3 is 6.18 Å². The summed E-state index contributed by atoms with van der Waals surface area (Å²) in [5.41, 5.74) is 0.435. The summed E-state index contributed by atoms with van der Waals surface area (Å²) in [6.07, 6.45) is -2.92. The smallest absolute Gasteiger partial charge is 0.248 e. The molecule has 0 aliphatic heterocycles. The van der Waals surface area contributed by atoms with Crippen molar-refractivity contribution in [3.8, 4) is 17.2 Å². The van der Waals surface area contributed by atoms with E-state index in [0.717, 1.165) is 17.0 Å². The summed E-state index contributed by atoms with van der Waals surface area (Å²) in [6, 6.07) is 18.1. The number of pyridine rings is 1. The number of alkyl halides is 3. The van der Waals surface area contributed by atoms with Crippen LogP contribution in [0.3, 0.4) is 0 Å². The summed E-state index contributed by atoms with van der Waals surface area (Å²) in [5, 5.41) is 9.89. The summed E-state index contributed by atoms with van der Waals surface area (Å²) < 4.78 is 38.6. The maximum Gasteiger partial charge on any atom is 0.416 e. The van der Waals surface area contributed by atoms with Gasteiger partial charge in [-0.15, -0.1) is 0 Å². The summed E-state index contributed by atoms with van der Waals surface area (Å²) in [4.78, 5) is 5.20. The first-order valence-corrected chi connectivity index (χ1v) is 8.10. The lowest BCUT2D eigenvalue weighted by atomic mass is 10.0. The van der Waals surface area contributed by atoms with Crippen LogP contribution in [0.15, 0.2) is 76.8 Å². The predicted octanol–water partition coefficient (Wildman–Crippen LogP) is 5.79. The Morgan fingerprint density at radius 2 is 1.68 bits per heavy atom. The molecule has 0 N–H and O–H groups in total. The van der Waals surface area contributed by atoms with Crippen LogP contribution in [0.25, 0.3) is 11.1 Å². The van der Waals surface area contributed by atoms with Crippen molar-refractivity contribution in [3.05, 3.63) is 78.0 Å². The molecule has 0 spiro atoms. The molecule has 2 aromatic carbocycles. The van der Waals surface area contributed by atoms with E-state index in [1.807, 2.05) is 30.3 Å². The van der Waals surface area contributed by atoms with E-state index in [1.165, 1.54) is 24.0 Å². The summed E-state index contributed by atoms with van der Waals surface area (Å²) in [6.45, 7) is 0. The highest BCUT2D eigenvalue weighted by atomic mass is 32.2. The Morgan fingerprint density at radius 3 is 2.36 bits per heavy atom. The van der Waals surface area contributed by atoms with E-state index in [-0.39, 0.29) is 0 Å². The first-order valence-electron chi connectivity index (χ1n) is 7.28. The summed E-state index contributed by atoms with van der Waals surface area (Å²) in [5.74, 6) is 0. The van der Waals surface area contributed by atoms with Crippen LogP contribution in [0.5, 0.6) is 0 Å². The van der Waals surface area contributed by atoms with E-state index in [9.17, 15) is 18.4 Å². The predicted molar refractivity (Wildman–Crippen MR) is 90.0 cm³/mol. The average molecular weight is 356 g/mol. The first-order chi connectivity index (χ1) is 12.0. The third-order valence-corrected chi connectivity index (χ3v) is 4.48. The summed E-state index contributed by atoms with van der Waals surface area (Å²) in [7, 11) is 0. The van der Waals surface area contributed by atoms with Crippen LogP contribution in [-0.4, -0.2) is 4.98 Å². The molecule has 1 heterocycles. The molecule has 124 valence electrons. The van der Waals surface area contributed by atoms with Crippen molar-refractivity contribution in [3.63, 3.8) is 0 Å². The van der Waals surface area contributed by atoms with Gasteiger partial charge in [-0.2, -0.15) is 18.4 Å². The second-order valence-electron chi connectivity index (χ2n) is 5.18. The molecule has 0 unspecified atom stereocenters. The van der Waals surface area contributed by atoms with Gasteiger partial charge in [-0.3, -0.25) is 0 Å². The lowest BCUT2D eigenvalue weighted by molar-refractivity contribution is -0.137. The molecule has 0 amide bonds. The Balaban J connectivity index is 1.96. The molecule has 6 heteroatoms. The number of aromatic nitrogens is 1. The van der Waals surface area contributed by atoms with Gasteiger partial charge in [0.25, 0.3) is 0 Å². The molecule has 0 bridgehead atoms. The van der Waals surface area contributed by atoms with E-state index in [2.05, 4.69) is 11.1 Å². The number of rotatable bonds is 3. The van der Waals surface area contributed by atoms with Crippen molar-refractivity contribution in [1.29, 1.82) is 5.26 Å². The highest BCUT2D eigenvalue weighted by molar-refractivity contribution is 7.99. The fourth-order valence-electron chi connectivity index (χ4n) is 2.25. The molecule has 0 saturated carbocycles. The lowest BCUT2D eigenvalue weighted by Crippen LogP contribution is -2.04. The SMILES string of the molecule is N#Cc1cc(-c2cccc(C(F)(F)F)c2)cnc1Sc1ccccc1. The van der Waals surface area contributed by atoms with Crippen molar-refractivity contribution < 1.29 is 13.2 Å². The zero-order valence-electron chi connectivity index (χ0n) is 12.8. The molecule has 0 radical (unpaired) electrons. The molecule has 1 aromatic heterocycles. The Kier molecular flexibility index (Phi) is 4.77. The van der Waals surface area contributed by atoms with Gasteiger partial charge in [-0.1, -0.05) is 42.1 Å². The third-order valence-electron chi connectivity index (χ3n) is 3.45. The quantitative estimate of drug-likeness (QED) is 0.596. The summed E-state index contributed by atoms with van der Waals surface area (Å²) >= 11 is 1.34. The van der Waals surface area contributed by atoms with Crippen LogP contribution in [0.1, 0.15) is 11.1 Å². The van der Waals surface area contributed by atoms with Crippen molar-refractivity contribution in [2.45, 2.75) is 16.1 Å². The highest BCUT2D eigenvalue weighted by Gasteiger charge is 2.30. The van der Waals surface area contributed by atoms with Crippen molar-refractivity contribution in [1.82, 2.24) is 4.98 Å². The number of hydrogen-bond donors (Lipinski definition) is 0. The topological polar surface area (TPSA) is 36.7 Å². The van der Waals surface area contributed by atoms with Crippen LogP contribution in [0.4, 0.5) is 13.2 Å². The Labute approximate surface area is 147 Å². The van der Waals surface area contributed by atoms with Crippen LogP contribution < -0.4 is 0 Å². The van der Waals surface area contributed by atoms with Gasteiger partial charge in [0.2, 0.25) is 0 Å². The normalized spacial score (nSPS) is 11.1. The van der Waals surface area contributed by atoms with Crippen molar-refractivity contribution in [2.24, 2.45) is 0 Å². The molecule has 0 fully saturated rings. The van der Waals surface area contributed by atoms with Gasteiger partial charge in [0.15, 0.2) is 0 Å². The number of halogens is 3. The molecule has 0 atom stereocenters. The van der Waals surface area contributed by atoms with Gasteiger partial charge in [0.05, 0.1) is 11.1 Å². The number of hydrogen-bond acceptors (Lipinski definition) is 3. The van der Waals surface area contributed by atoms with Crippen LogP contribution >= 0.6 is 11.8 Å². The van der Waals surface area contributed by atoms with E-state index in [1.54, 1.807) is 12.1 Å². The largest absolute Gasteiger partial charge is 0.416 e. The zero-order valence-corrected chi connectivity index (χ0v) is 13.6. The minimum absolute atomic E-state index is 0.323. The molecular weight excluding hydrogens is 345 g/mol. The van der Waals surface area contributed by atoms with Gasteiger partial charge in [0.1, 0.15) is 11.1 Å². The highest BCUT2D eigenvalue weighted by Crippen LogP contribution is 2.34. The Bertz CT molecular complexity index is 931. The van der Waals surface area contributed by atoms with Crippen LogP contribution in [0.2, 0.25) is 0 Å². The molecule has 0 aliphatic carbocycles. The minimum atomic E-state index is -4.41. The third kappa shape index (κ3) is 4.01. The minimum Gasteiger partial charge on any atom is -0.248 e. The average Bonchev–Trinajstić information content (AvgIpc) is 2.62. The van der Waals surface area contributed by atoms with Crippen LogP contribution in [0, 0.1) is 11.3 Å². The maximum absolute atomic E-state index is 12.9. The second-order valence-corrected chi connectivity index (χ2v) is 6.24. The van der Waals surface area contributed by atoms with Gasteiger partial charge in [-0.05, 0) is 35.9 Å². The number of nitriles is 1. The first kappa shape index (κ1) is 17.1. The Morgan fingerprint density at radius 1 is 0.920 bits per heavy atom. The molecule has 25 heavy (non-hydrogen) atoms. The van der Waals surface area contributed by atoms with Gasteiger partial charge in [-0.25, -0.2) is 4.98 Å². The van der Waals surface area contributed by atoms with Crippen LogP contribution in [-0.2, 0) is 6.18 Å². The van der Waals surface area contributed by atoms with E-state index in [4.69, 9.17) is 0 Å². The molecule has 0 saturated heterocycles. The van der Waals surface area contributed by atoms with Crippen molar-refractivity contribution >= 4 is 11.8 Å². The number of benzene rings is 2. The zero-order chi connectivity index (χ0) is 17.9. The van der Waals surface area contributed by atoms with E-state index in [0.29, 0.717) is 21.7 Å². The second kappa shape index (κ2) is 6.99. The van der Waals surface area contributed by atoms with Crippen molar-refractivity contribution in [2.75, 3.05) is 0 Å². The van der Waals surface area contributed by atoms with E-state index >= 15 is 0 Å². The Hall–Kier alpha value is -2.78. The van der Waals surface area contributed by atoms with Gasteiger partial charge < -0.3 is 0 Å². The lowest BCUT2D eigenvalue weighted by Gasteiger charge is -2.10. The molecule has 0 aliphatic rings. The molecule has 3 rings (SSSR count). The molecule has 3 aromatic rings. The fraction of sp³-hybridized carbons (Fsp3) is 0.0526. The molecule has 2 nitrogen and oxygen atoms in total. The van der Waals surface area contributed by atoms with E-state index < -0.39 is 11.7 Å². The number of nitrogens with zero attached hydrogens (tertiary/aromatic N) is 2. The standard InChI is InChI=1S/C19H11F3N2S/c20-19(21,22)16-6-4-5-13(10-16)15-9-14(11-23)18(24-12-15)25-17-7-2-1-3-8-17/h1-10,12H. The molecular formula is C19H11F3N2S.